The van der Waals surface area contributed by atoms with Crippen molar-refractivity contribution in [2.45, 2.75) is 304 Å². The van der Waals surface area contributed by atoms with E-state index in [9.17, 15) is 14.4 Å². The van der Waals surface area contributed by atoms with Crippen LogP contribution in [0.5, 0.6) is 0 Å². The Morgan fingerprint density at radius 3 is 0.817 bits per heavy atom. The molecule has 0 aromatic carbocycles. The predicted octanol–water partition coefficient (Wildman–Crippen LogP) is 17.3. The first-order valence-electron chi connectivity index (χ1n) is 26.7. The van der Waals surface area contributed by atoms with E-state index in [0.717, 1.165) is 69.6 Å². The van der Waals surface area contributed by atoms with Gasteiger partial charge in [0.05, 0.1) is 0 Å². The molecule has 60 heavy (non-hydrogen) atoms. The normalized spacial score (nSPS) is 12.1. The van der Waals surface area contributed by atoms with Gasteiger partial charge in [-0.25, -0.2) is 0 Å². The van der Waals surface area contributed by atoms with Crippen LogP contribution in [-0.2, 0) is 28.6 Å². The zero-order chi connectivity index (χ0) is 44.0. The molecule has 0 rings (SSSR count). The van der Waals surface area contributed by atoms with E-state index in [2.05, 4.69) is 34.6 Å². The quantitative estimate of drug-likeness (QED) is 0.0345. The first-order chi connectivity index (χ1) is 29.2. The highest BCUT2D eigenvalue weighted by Gasteiger charge is 2.19. The Morgan fingerprint density at radius 2 is 0.550 bits per heavy atom. The van der Waals surface area contributed by atoms with Crippen molar-refractivity contribution in [3.63, 3.8) is 0 Å². The van der Waals surface area contributed by atoms with Crippen molar-refractivity contribution < 1.29 is 28.6 Å². The largest absolute Gasteiger partial charge is 0.462 e. The van der Waals surface area contributed by atoms with E-state index in [1.54, 1.807) is 0 Å². The Bertz CT molecular complexity index is 916. The molecule has 0 fully saturated rings. The van der Waals surface area contributed by atoms with Crippen LogP contribution in [-0.4, -0.2) is 37.2 Å². The maximum atomic E-state index is 12.8. The van der Waals surface area contributed by atoms with Crippen LogP contribution >= 0.6 is 0 Å². The average molecular weight is 849 g/mol. The molecule has 0 N–H and O–H groups in total. The van der Waals surface area contributed by atoms with Crippen LogP contribution < -0.4 is 0 Å². The molecular weight excluding hydrogens is 745 g/mol. The molecule has 0 aliphatic heterocycles. The van der Waals surface area contributed by atoms with Crippen LogP contribution in [0.15, 0.2) is 0 Å². The fraction of sp³-hybridized carbons (Fsp3) is 0.944. The zero-order valence-electron chi connectivity index (χ0n) is 41.1. The first-order valence-corrected chi connectivity index (χ1v) is 26.7. The highest BCUT2D eigenvalue weighted by Crippen LogP contribution is 2.17. The lowest BCUT2D eigenvalue weighted by atomic mass is 10.0. The highest BCUT2D eigenvalue weighted by atomic mass is 16.6. The Kier molecular flexibility index (Phi) is 45.7. The molecule has 0 bridgehead atoms. The topological polar surface area (TPSA) is 78.9 Å². The minimum absolute atomic E-state index is 0.0634. The molecule has 6 nitrogen and oxygen atoms in total. The third-order valence-corrected chi connectivity index (χ3v) is 12.2. The molecule has 0 radical (unpaired) electrons. The van der Waals surface area contributed by atoms with Crippen molar-refractivity contribution in [1.29, 1.82) is 0 Å². The van der Waals surface area contributed by atoms with Crippen LogP contribution in [0.1, 0.15) is 298 Å². The highest BCUT2D eigenvalue weighted by molar-refractivity contribution is 5.71. The van der Waals surface area contributed by atoms with E-state index in [1.165, 1.54) is 186 Å². The third-order valence-electron chi connectivity index (χ3n) is 12.2. The van der Waals surface area contributed by atoms with E-state index in [1.807, 2.05) is 0 Å². The number of hydrogen-bond donors (Lipinski definition) is 0. The van der Waals surface area contributed by atoms with Crippen molar-refractivity contribution in [2.24, 2.45) is 11.8 Å². The Labute approximate surface area is 374 Å². The number of unbranched alkanes of at least 4 members (excludes halogenated alkanes) is 33. The molecule has 0 unspecified atom stereocenters. The maximum absolute atomic E-state index is 12.8. The standard InChI is InChI=1S/C54H104O6/c1-6-7-8-9-10-11-12-14-19-26-31-36-41-46-54(57)60-51(48-59-53(56)45-40-35-30-25-21-20-23-28-33-38-43-50(4)5)47-58-52(55)44-39-34-29-24-18-16-13-15-17-22-27-32-37-42-49(2)3/h49-51H,6-48H2,1-5H3/t51-/m1/s1. The van der Waals surface area contributed by atoms with E-state index in [4.69, 9.17) is 14.2 Å². The Balaban J connectivity index is 4.30. The second kappa shape index (κ2) is 46.9. The molecule has 0 heterocycles. The molecule has 0 aromatic heterocycles. The van der Waals surface area contributed by atoms with Crippen molar-refractivity contribution in [3.05, 3.63) is 0 Å². The van der Waals surface area contributed by atoms with Gasteiger partial charge in [0.15, 0.2) is 6.10 Å². The Morgan fingerprint density at radius 1 is 0.317 bits per heavy atom. The van der Waals surface area contributed by atoms with Gasteiger partial charge in [0, 0.05) is 19.3 Å². The predicted molar refractivity (Wildman–Crippen MR) is 256 cm³/mol. The Hall–Kier alpha value is -1.59. The number of hydrogen-bond acceptors (Lipinski definition) is 6. The lowest BCUT2D eigenvalue weighted by molar-refractivity contribution is -0.167. The average Bonchev–Trinajstić information content (AvgIpc) is 3.22. The summed E-state index contributed by atoms with van der Waals surface area (Å²) in [5.74, 6) is 0.813. The molecule has 0 saturated heterocycles. The van der Waals surface area contributed by atoms with Crippen LogP contribution in [0.3, 0.4) is 0 Å². The molecule has 0 aromatic rings. The van der Waals surface area contributed by atoms with Gasteiger partial charge in [-0.1, -0.05) is 259 Å². The number of carbonyl (C=O) groups excluding carboxylic acids is 3. The first kappa shape index (κ1) is 58.4. The molecule has 0 aliphatic carbocycles. The fourth-order valence-electron chi connectivity index (χ4n) is 8.17. The zero-order valence-corrected chi connectivity index (χ0v) is 41.1. The molecule has 0 saturated carbocycles. The smallest absolute Gasteiger partial charge is 0.306 e. The molecule has 0 spiro atoms. The van der Waals surface area contributed by atoms with Crippen LogP contribution in [0.4, 0.5) is 0 Å². The summed E-state index contributed by atoms with van der Waals surface area (Å²) >= 11 is 0. The van der Waals surface area contributed by atoms with Gasteiger partial charge in [-0.15, -0.1) is 0 Å². The van der Waals surface area contributed by atoms with Crippen molar-refractivity contribution >= 4 is 17.9 Å². The lowest BCUT2D eigenvalue weighted by Gasteiger charge is -2.18. The second-order valence-electron chi connectivity index (χ2n) is 19.5. The monoisotopic (exact) mass is 849 g/mol. The van der Waals surface area contributed by atoms with Gasteiger partial charge in [0.1, 0.15) is 13.2 Å². The van der Waals surface area contributed by atoms with Gasteiger partial charge >= 0.3 is 17.9 Å². The minimum Gasteiger partial charge on any atom is -0.462 e. The van der Waals surface area contributed by atoms with Crippen molar-refractivity contribution in [3.8, 4) is 0 Å². The molecule has 6 heteroatoms. The van der Waals surface area contributed by atoms with Gasteiger partial charge in [0.2, 0.25) is 0 Å². The number of rotatable bonds is 48. The van der Waals surface area contributed by atoms with E-state index in [0.29, 0.717) is 19.3 Å². The third kappa shape index (κ3) is 47.5. The van der Waals surface area contributed by atoms with Gasteiger partial charge in [-0.3, -0.25) is 14.4 Å². The van der Waals surface area contributed by atoms with Gasteiger partial charge < -0.3 is 14.2 Å². The molecule has 0 aliphatic rings. The van der Waals surface area contributed by atoms with Crippen LogP contribution in [0.25, 0.3) is 0 Å². The molecule has 1 atom stereocenters. The van der Waals surface area contributed by atoms with Crippen molar-refractivity contribution in [1.82, 2.24) is 0 Å². The summed E-state index contributed by atoms with van der Waals surface area (Å²) in [7, 11) is 0. The fourth-order valence-corrected chi connectivity index (χ4v) is 8.17. The van der Waals surface area contributed by atoms with Gasteiger partial charge in [-0.05, 0) is 31.1 Å². The number of carbonyl (C=O) groups is 3. The SMILES string of the molecule is CCCCCCCCCCCCCCCC(=O)O[C@H](COC(=O)CCCCCCCCCCCCCCCC(C)C)COC(=O)CCCCCCCCCCCCC(C)C. The number of ether oxygens (including phenoxy) is 3. The maximum Gasteiger partial charge on any atom is 0.306 e. The molecular formula is C54H104O6. The summed E-state index contributed by atoms with van der Waals surface area (Å²) in [6, 6.07) is 0. The summed E-state index contributed by atoms with van der Waals surface area (Å²) in [6.07, 6.45) is 48.0. The van der Waals surface area contributed by atoms with Gasteiger partial charge in [-0.2, -0.15) is 0 Å². The van der Waals surface area contributed by atoms with E-state index in [-0.39, 0.29) is 31.1 Å². The summed E-state index contributed by atoms with van der Waals surface area (Å²) in [5.41, 5.74) is 0. The van der Waals surface area contributed by atoms with Crippen LogP contribution in [0.2, 0.25) is 0 Å². The summed E-state index contributed by atoms with van der Waals surface area (Å²) in [6.45, 7) is 11.4. The van der Waals surface area contributed by atoms with E-state index < -0.39 is 6.10 Å². The summed E-state index contributed by atoms with van der Waals surface area (Å²) < 4.78 is 16.8. The number of esters is 3. The summed E-state index contributed by atoms with van der Waals surface area (Å²) in [4.78, 5) is 38.0. The lowest BCUT2D eigenvalue weighted by Crippen LogP contribution is -2.30. The molecule has 356 valence electrons. The van der Waals surface area contributed by atoms with E-state index >= 15 is 0 Å². The molecule has 0 amide bonds. The summed E-state index contributed by atoms with van der Waals surface area (Å²) in [5, 5.41) is 0. The minimum atomic E-state index is -0.761. The van der Waals surface area contributed by atoms with Crippen molar-refractivity contribution in [2.75, 3.05) is 13.2 Å². The second-order valence-corrected chi connectivity index (χ2v) is 19.5. The van der Waals surface area contributed by atoms with Gasteiger partial charge in [0.25, 0.3) is 0 Å². The van der Waals surface area contributed by atoms with Crippen LogP contribution in [0, 0.1) is 11.8 Å².